The van der Waals surface area contributed by atoms with Gasteiger partial charge in [-0.05, 0) is 25.8 Å². The molecule has 1 fully saturated rings. The SMILES string of the molecule is CCCNC(=O)NC(=O)CN1CCC(CCC)(C(=O)O)C1. The Morgan fingerprint density at radius 3 is 2.52 bits per heavy atom. The van der Waals surface area contributed by atoms with E-state index in [0.717, 1.165) is 12.8 Å². The van der Waals surface area contributed by atoms with Gasteiger partial charge in [-0.1, -0.05) is 20.3 Å². The van der Waals surface area contributed by atoms with Crippen LogP contribution in [0.4, 0.5) is 4.79 Å². The van der Waals surface area contributed by atoms with Gasteiger partial charge >= 0.3 is 12.0 Å². The van der Waals surface area contributed by atoms with E-state index < -0.39 is 23.3 Å². The minimum absolute atomic E-state index is 0.0539. The zero-order valence-electron chi connectivity index (χ0n) is 12.8. The number of carboxylic acids is 1. The molecule has 1 aliphatic rings. The van der Waals surface area contributed by atoms with E-state index in [4.69, 9.17) is 0 Å². The Morgan fingerprint density at radius 2 is 1.95 bits per heavy atom. The van der Waals surface area contributed by atoms with Gasteiger partial charge in [0.2, 0.25) is 5.91 Å². The van der Waals surface area contributed by atoms with Crippen LogP contribution in [0.3, 0.4) is 0 Å². The molecule has 1 rings (SSSR count). The molecule has 7 nitrogen and oxygen atoms in total. The highest BCUT2D eigenvalue weighted by molar-refractivity contribution is 5.95. The Balaban J connectivity index is 2.45. The van der Waals surface area contributed by atoms with E-state index in [9.17, 15) is 19.5 Å². The molecule has 7 heteroatoms. The van der Waals surface area contributed by atoms with Crippen LogP contribution in [-0.4, -0.2) is 54.1 Å². The molecular formula is C14H25N3O4. The van der Waals surface area contributed by atoms with E-state index in [0.29, 0.717) is 32.5 Å². The molecule has 1 saturated heterocycles. The number of carboxylic acid groups (broad SMARTS) is 1. The third-order valence-corrected chi connectivity index (χ3v) is 3.77. The lowest BCUT2D eigenvalue weighted by Crippen LogP contribution is -2.45. The molecule has 0 bridgehead atoms. The highest BCUT2D eigenvalue weighted by Crippen LogP contribution is 2.35. The number of hydrogen-bond donors (Lipinski definition) is 3. The van der Waals surface area contributed by atoms with Crippen LogP contribution in [0.2, 0.25) is 0 Å². The Labute approximate surface area is 125 Å². The molecule has 0 radical (unpaired) electrons. The van der Waals surface area contributed by atoms with E-state index in [1.165, 1.54) is 0 Å². The number of nitrogens with one attached hydrogen (secondary N) is 2. The molecular weight excluding hydrogens is 274 g/mol. The first kappa shape index (κ1) is 17.4. The second-order valence-corrected chi connectivity index (χ2v) is 5.60. The van der Waals surface area contributed by atoms with Crippen LogP contribution in [0.15, 0.2) is 0 Å². The standard InChI is InChI=1S/C14H25N3O4/c1-3-5-14(12(19)20)6-8-17(10-14)9-11(18)16-13(21)15-7-4-2/h3-10H2,1-2H3,(H,19,20)(H2,15,16,18,21). The maximum atomic E-state index is 11.8. The molecule has 1 heterocycles. The average molecular weight is 299 g/mol. The summed E-state index contributed by atoms with van der Waals surface area (Å²) >= 11 is 0. The van der Waals surface area contributed by atoms with Crippen LogP contribution in [0.5, 0.6) is 0 Å². The predicted octanol–water partition coefficient (Wildman–Crippen LogP) is 0.799. The van der Waals surface area contributed by atoms with Crippen molar-refractivity contribution in [2.45, 2.75) is 39.5 Å². The Morgan fingerprint density at radius 1 is 1.24 bits per heavy atom. The van der Waals surface area contributed by atoms with E-state index in [1.807, 2.05) is 13.8 Å². The van der Waals surface area contributed by atoms with Crippen molar-refractivity contribution >= 4 is 17.9 Å². The van der Waals surface area contributed by atoms with E-state index in [1.54, 1.807) is 4.90 Å². The molecule has 1 unspecified atom stereocenters. The summed E-state index contributed by atoms with van der Waals surface area (Å²) in [5.74, 6) is -1.20. The molecule has 1 aliphatic heterocycles. The highest BCUT2D eigenvalue weighted by Gasteiger charge is 2.44. The van der Waals surface area contributed by atoms with Gasteiger partial charge in [-0.3, -0.25) is 19.8 Å². The second-order valence-electron chi connectivity index (χ2n) is 5.60. The molecule has 0 aromatic carbocycles. The first-order chi connectivity index (χ1) is 9.93. The topological polar surface area (TPSA) is 98.7 Å². The summed E-state index contributed by atoms with van der Waals surface area (Å²) in [5.41, 5.74) is -0.750. The molecule has 0 aliphatic carbocycles. The van der Waals surface area contributed by atoms with Crippen molar-refractivity contribution in [3.8, 4) is 0 Å². The van der Waals surface area contributed by atoms with Gasteiger partial charge in [-0.15, -0.1) is 0 Å². The summed E-state index contributed by atoms with van der Waals surface area (Å²) in [6, 6.07) is -0.501. The number of urea groups is 1. The fourth-order valence-electron chi connectivity index (χ4n) is 2.71. The number of carbonyl (C=O) groups excluding carboxylic acids is 2. The summed E-state index contributed by atoms with van der Waals surface area (Å²) in [6.07, 6.45) is 2.75. The molecule has 21 heavy (non-hydrogen) atoms. The number of nitrogens with zero attached hydrogens (tertiary/aromatic N) is 1. The van der Waals surface area contributed by atoms with Crippen molar-refractivity contribution in [2.75, 3.05) is 26.2 Å². The summed E-state index contributed by atoms with van der Waals surface area (Å²) in [7, 11) is 0. The first-order valence-corrected chi connectivity index (χ1v) is 7.47. The van der Waals surface area contributed by atoms with Crippen molar-refractivity contribution < 1.29 is 19.5 Å². The largest absolute Gasteiger partial charge is 0.481 e. The molecule has 0 saturated carbocycles. The molecule has 120 valence electrons. The first-order valence-electron chi connectivity index (χ1n) is 7.47. The highest BCUT2D eigenvalue weighted by atomic mass is 16.4. The number of hydrogen-bond acceptors (Lipinski definition) is 4. The maximum Gasteiger partial charge on any atom is 0.321 e. The minimum atomic E-state index is -0.798. The van der Waals surface area contributed by atoms with Gasteiger partial charge in [-0.25, -0.2) is 4.79 Å². The Hall–Kier alpha value is -1.63. The van der Waals surface area contributed by atoms with Crippen LogP contribution in [-0.2, 0) is 9.59 Å². The predicted molar refractivity (Wildman–Crippen MR) is 77.9 cm³/mol. The van der Waals surface area contributed by atoms with Gasteiger partial charge in [0.05, 0.1) is 12.0 Å². The van der Waals surface area contributed by atoms with E-state index in [2.05, 4.69) is 10.6 Å². The Kier molecular flexibility index (Phi) is 6.61. The number of imide groups is 1. The van der Waals surface area contributed by atoms with Crippen molar-refractivity contribution in [3.05, 3.63) is 0 Å². The molecule has 1 atom stereocenters. The molecule has 0 aromatic rings. The van der Waals surface area contributed by atoms with Crippen LogP contribution < -0.4 is 10.6 Å². The number of amides is 3. The quantitative estimate of drug-likeness (QED) is 0.646. The smallest absolute Gasteiger partial charge is 0.321 e. The molecule has 3 amide bonds. The van der Waals surface area contributed by atoms with E-state index in [-0.39, 0.29) is 6.54 Å². The van der Waals surface area contributed by atoms with Crippen molar-refractivity contribution in [1.29, 1.82) is 0 Å². The minimum Gasteiger partial charge on any atom is -0.481 e. The van der Waals surface area contributed by atoms with Gasteiger partial charge in [0.15, 0.2) is 0 Å². The summed E-state index contributed by atoms with van der Waals surface area (Å²) < 4.78 is 0. The van der Waals surface area contributed by atoms with Crippen LogP contribution in [0.25, 0.3) is 0 Å². The van der Waals surface area contributed by atoms with Gasteiger partial charge in [0, 0.05) is 13.1 Å². The Bertz CT molecular complexity index is 400. The zero-order chi connectivity index (χ0) is 15.9. The molecule has 0 aromatic heterocycles. The van der Waals surface area contributed by atoms with Gasteiger partial charge in [0.25, 0.3) is 0 Å². The lowest BCUT2D eigenvalue weighted by atomic mass is 9.83. The lowest BCUT2D eigenvalue weighted by molar-refractivity contribution is -0.148. The van der Waals surface area contributed by atoms with Crippen LogP contribution in [0, 0.1) is 5.41 Å². The monoisotopic (exact) mass is 299 g/mol. The van der Waals surface area contributed by atoms with E-state index >= 15 is 0 Å². The third-order valence-electron chi connectivity index (χ3n) is 3.77. The number of aliphatic carboxylic acids is 1. The fraction of sp³-hybridized carbons (Fsp3) is 0.786. The number of carbonyl (C=O) groups is 3. The van der Waals surface area contributed by atoms with Crippen LogP contribution in [0.1, 0.15) is 39.5 Å². The van der Waals surface area contributed by atoms with Crippen molar-refractivity contribution in [2.24, 2.45) is 5.41 Å². The fourth-order valence-corrected chi connectivity index (χ4v) is 2.71. The third kappa shape index (κ3) is 5.00. The lowest BCUT2D eigenvalue weighted by Gasteiger charge is -2.24. The van der Waals surface area contributed by atoms with Crippen molar-refractivity contribution in [3.63, 3.8) is 0 Å². The number of likely N-dealkylation sites (tertiary alicyclic amines) is 1. The van der Waals surface area contributed by atoms with Gasteiger partial charge in [-0.2, -0.15) is 0 Å². The summed E-state index contributed by atoms with van der Waals surface area (Å²) in [6.45, 7) is 5.37. The average Bonchev–Trinajstić information content (AvgIpc) is 2.81. The molecule has 0 spiro atoms. The van der Waals surface area contributed by atoms with Crippen LogP contribution >= 0.6 is 0 Å². The van der Waals surface area contributed by atoms with Gasteiger partial charge in [0.1, 0.15) is 0 Å². The zero-order valence-corrected chi connectivity index (χ0v) is 12.8. The van der Waals surface area contributed by atoms with Gasteiger partial charge < -0.3 is 10.4 Å². The number of rotatable bonds is 7. The summed E-state index contributed by atoms with van der Waals surface area (Å²) in [4.78, 5) is 36.4. The maximum absolute atomic E-state index is 11.8. The molecule has 3 N–H and O–H groups in total. The normalized spacial score (nSPS) is 22.0. The second kappa shape index (κ2) is 7.97. The van der Waals surface area contributed by atoms with Crippen molar-refractivity contribution in [1.82, 2.24) is 15.5 Å². The summed E-state index contributed by atoms with van der Waals surface area (Å²) in [5, 5.41) is 14.2.